The lowest BCUT2D eigenvalue weighted by Gasteiger charge is -2.42. The van der Waals surface area contributed by atoms with Crippen LogP contribution in [0.2, 0.25) is 0 Å². The Kier molecular flexibility index (Phi) is 6.96. The zero-order chi connectivity index (χ0) is 16.8. The molecule has 22 heavy (non-hydrogen) atoms. The number of hydrogen-bond donors (Lipinski definition) is 2. The molecule has 0 aromatic heterocycles. The summed E-state index contributed by atoms with van der Waals surface area (Å²) in [5.41, 5.74) is 4.32. The van der Waals surface area contributed by atoms with E-state index in [1.165, 1.54) is 11.9 Å². The molecule has 0 aromatic rings. The van der Waals surface area contributed by atoms with Crippen LogP contribution in [-0.2, 0) is 9.59 Å². The van der Waals surface area contributed by atoms with Gasteiger partial charge in [-0.05, 0) is 45.3 Å². The third-order valence-electron chi connectivity index (χ3n) is 4.39. The highest BCUT2D eigenvalue weighted by atomic mass is 16.2. The molecule has 0 saturated carbocycles. The van der Waals surface area contributed by atoms with Gasteiger partial charge >= 0.3 is 6.03 Å². The number of nitrogens with two attached hydrogens (primary N) is 1. The molecule has 0 aromatic carbocycles. The maximum atomic E-state index is 12.7. The number of amides is 4. The SMILES string of the molecule is CCC1(CC)C(=O)N(C)C(=O)N(CCCNCCCN)C1=O. The van der Waals surface area contributed by atoms with E-state index in [-0.39, 0.29) is 11.8 Å². The van der Waals surface area contributed by atoms with Crippen molar-refractivity contribution in [3.8, 4) is 0 Å². The summed E-state index contributed by atoms with van der Waals surface area (Å²) in [7, 11) is 1.45. The van der Waals surface area contributed by atoms with Crippen LogP contribution in [0.5, 0.6) is 0 Å². The van der Waals surface area contributed by atoms with Crippen LogP contribution in [0.25, 0.3) is 0 Å². The second-order valence-electron chi connectivity index (χ2n) is 5.64. The van der Waals surface area contributed by atoms with Gasteiger partial charge in [-0.25, -0.2) is 4.79 Å². The van der Waals surface area contributed by atoms with E-state index in [0.717, 1.165) is 17.9 Å². The number of hydrogen-bond acceptors (Lipinski definition) is 5. The van der Waals surface area contributed by atoms with Gasteiger partial charge in [0.1, 0.15) is 5.41 Å². The van der Waals surface area contributed by atoms with Crippen LogP contribution >= 0.6 is 0 Å². The molecule has 1 fully saturated rings. The van der Waals surface area contributed by atoms with Gasteiger partial charge in [0.15, 0.2) is 0 Å². The number of urea groups is 1. The molecule has 0 radical (unpaired) electrons. The monoisotopic (exact) mass is 312 g/mol. The number of imide groups is 2. The Morgan fingerprint density at radius 1 is 1.05 bits per heavy atom. The van der Waals surface area contributed by atoms with Gasteiger partial charge < -0.3 is 11.1 Å². The molecule has 3 N–H and O–H groups in total. The summed E-state index contributed by atoms with van der Waals surface area (Å²) in [6, 6.07) is -0.519. The first-order valence-electron chi connectivity index (χ1n) is 8.01. The van der Waals surface area contributed by atoms with Crippen LogP contribution in [0.15, 0.2) is 0 Å². The Hall–Kier alpha value is -1.47. The van der Waals surface area contributed by atoms with E-state index in [0.29, 0.717) is 38.9 Å². The summed E-state index contributed by atoms with van der Waals surface area (Å²) in [5.74, 6) is -0.739. The number of nitrogens with zero attached hydrogens (tertiary/aromatic N) is 2. The summed E-state index contributed by atoms with van der Waals surface area (Å²) >= 11 is 0. The summed E-state index contributed by atoms with van der Waals surface area (Å²) in [6.45, 7) is 6.13. The van der Waals surface area contributed by atoms with Crippen LogP contribution < -0.4 is 11.1 Å². The zero-order valence-electron chi connectivity index (χ0n) is 13.9. The topological polar surface area (TPSA) is 95.7 Å². The number of nitrogens with one attached hydrogen (secondary N) is 1. The first-order chi connectivity index (χ1) is 10.5. The minimum atomic E-state index is -1.09. The maximum absolute atomic E-state index is 12.7. The average Bonchev–Trinajstić information content (AvgIpc) is 2.53. The van der Waals surface area contributed by atoms with E-state index in [1.54, 1.807) is 0 Å². The Labute approximate surface area is 132 Å². The van der Waals surface area contributed by atoms with E-state index >= 15 is 0 Å². The summed E-state index contributed by atoms with van der Waals surface area (Å²) in [6.07, 6.45) is 2.37. The van der Waals surface area contributed by atoms with E-state index in [9.17, 15) is 14.4 Å². The van der Waals surface area contributed by atoms with Crippen molar-refractivity contribution < 1.29 is 14.4 Å². The first-order valence-corrected chi connectivity index (χ1v) is 8.01. The Balaban J connectivity index is 2.70. The quantitative estimate of drug-likeness (QED) is 0.478. The van der Waals surface area contributed by atoms with Crippen LogP contribution in [0.3, 0.4) is 0 Å². The van der Waals surface area contributed by atoms with Gasteiger partial charge in [-0.2, -0.15) is 0 Å². The van der Waals surface area contributed by atoms with Crippen molar-refractivity contribution in [1.29, 1.82) is 0 Å². The fourth-order valence-electron chi connectivity index (χ4n) is 2.79. The molecule has 1 heterocycles. The average molecular weight is 312 g/mol. The van der Waals surface area contributed by atoms with Crippen molar-refractivity contribution in [3.05, 3.63) is 0 Å². The second kappa shape index (κ2) is 8.24. The molecule has 1 aliphatic heterocycles. The lowest BCUT2D eigenvalue weighted by molar-refractivity contribution is -0.158. The van der Waals surface area contributed by atoms with Gasteiger partial charge in [0, 0.05) is 13.6 Å². The number of rotatable bonds is 9. The van der Waals surface area contributed by atoms with Gasteiger partial charge in [0.05, 0.1) is 0 Å². The molecule has 1 rings (SSSR count). The van der Waals surface area contributed by atoms with Gasteiger partial charge in [0.2, 0.25) is 11.8 Å². The predicted molar refractivity (Wildman–Crippen MR) is 84.1 cm³/mol. The largest absolute Gasteiger partial charge is 0.333 e. The molecule has 0 atom stereocenters. The van der Waals surface area contributed by atoms with Crippen molar-refractivity contribution in [2.24, 2.45) is 11.1 Å². The summed E-state index contributed by atoms with van der Waals surface area (Å²) < 4.78 is 0. The summed E-state index contributed by atoms with van der Waals surface area (Å²) in [5, 5.41) is 3.21. The van der Waals surface area contributed by atoms with E-state index in [1.807, 2.05) is 13.8 Å². The van der Waals surface area contributed by atoms with Crippen molar-refractivity contribution in [2.75, 3.05) is 33.2 Å². The van der Waals surface area contributed by atoms with Gasteiger partial charge in [-0.3, -0.25) is 19.4 Å². The van der Waals surface area contributed by atoms with Crippen molar-refractivity contribution in [1.82, 2.24) is 15.1 Å². The molecule has 7 nitrogen and oxygen atoms in total. The van der Waals surface area contributed by atoms with Crippen LogP contribution in [0.4, 0.5) is 4.79 Å². The Morgan fingerprint density at radius 3 is 2.18 bits per heavy atom. The number of barbiturate groups is 1. The fraction of sp³-hybridized carbons (Fsp3) is 0.800. The molecule has 4 amide bonds. The minimum Gasteiger partial charge on any atom is -0.330 e. The Bertz CT molecular complexity index is 421. The highest BCUT2D eigenvalue weighted by Crippen LogP contribution is 2.35. The molecule has 7 heteroatoms. The van der Waals surface area contributed by atoms with Crippen molar-refractivity contribution in [3.63, 3.8) is 0 Å². The zero-order valence-corrected chi connectivity index (χ0v) is 13.9. The van der Waals surface area contributed by atoms with Gasteiger partial charge in [-0.1, -0.05) is 13.8 Å². The minimum absolute atomic E-state index is 0.326. The van der Waals surface area contributed by atoms with E-state index < -0.39 is 11.4 Å². The Morgan fingerprint density at radius 2 is 1.64 bits per heavy atom. The normalized spacial score (nSPS) is 18.3. The van der Waals surface area contributed by atoms with Crippen LogP contribution in [0.1, 0.15) is 39.5 Å². The predicted octanol–water partition coefficient (Wildman–Crippen LogP) is 0.542. The first kappa shape index (κ1) is 18.6. The fourth-order valence-corrected chi connectivity index (χ4v) is 2.79. The molecule has 0 bridgehead atoms. The third-order valence-corrected chi connectivity index (χ3v) is 4.39. The van der Waals surface area contributed by atoms with Crippen molar-refractivity contribution >= 4 is 17.8 Å². The molecule has 1 aliphatic rings. The van der Waals surface area contributed by atoms with Gasteiger partial charge in [0.25, 0.3) is 0 Å². The molecular formula is C15H28N4O3. The molecular weight excluding hydrogens is 284 g/mol. The van der Waals surface area contributed by atoms with Crippen molar-refractivity contribution in [2.45, 2.75) is 39.5 Å². The van der Waals surface area contributed by atoms with E-state index in [4.69, 9.17) is 5.73 Å². The summed E-state index contributed by atoms with van der Waals surface area (Å²) in [4.78, 5) is 39.5. The number of carbonyl (C=O) groups is 3. The third kappa shape index (κ3) is 3.47. The lowest BCUT2D eigenvalue weighted by Crippen LogP contribution is -2.64. The maximum Gasteiger partial charge on any atom is 0.333 e. The second-order valence-corrected chi connectivity index (χ2v) is 5.64. The molecule has 0 aliphatic carbocycles. The lowest BCUT2D eigenvalue weighted by atomic mass is 9.78. The smallest absolute Gasteiger partial charge is 0.330 e. The van der Waals surface area contributed by atoms with E-state index in [2.05, 4.69) is 5.32 Å². The van der Waals surface area contributed by atoms with Crippen LogP contribution in [-0.4, -0.2) is 60.9 Å². The van der Waals surface area contributed by atoms with Gasteiger partial charge in [-0.15, -0.1) is 0 Å². The standard InChI is InChI=1S/C15H28N4O3/c1-4-15(5-2)12(20)18(3)14(22)19(13(15)21)11-7-10-17-9-6-8-16/h17H,4-11,16H2,1-3H3. The molecule has 0 spiro atoms. The number of carbonyl (C=O) groups excluding carboxylic acids is 3. The molecule has 0 unspecified atom stereocenters. The molecule has 1 saturated heterocycles. The highest BCUT2D eigenvalue weighted by Gasteiger charge is 2.53. The highest BCUT2D eigenvalue weighted by molar-refractivity contribution is 6.18. The molecule has 126 valence electrons. The van der Waals surface area contributed by atoms with Crippen LogP contribution in [0, 0.1) is 5.41 Å².